The van der Waals surface area contributed by atoms with Gasteiger partial charge < -0.3 is 5.32 Å². The lowest BCUT2D eigenvalue weighted by molar-refractivity contribution is -0.137. The van der Waals surface area contributed by atoms with E-state index >= 15 is 0 Å². The highest BCUT2D eigenvalue weighted by atomic mass is 32.1. The number of alkyl halides is 3. The molecule has 0 aliphatic carbocycles. The van der Waals surface area contributed by atoms with Gasteiger partial charge in [0.1, 0.15) is 0 Å². The molecule has 0 bridgehead atoms. The molecule has 0 atom stereocenters. The fraction of sp³-hybridized carbons (Fsp3) is 0.292. The molecule has 1 aliphatic rings. The van der Waals surface area contributed by atoms with Crippen LogP contribution in [0.25, 0.3) is 10.4 Å². The smallest absolute Gasteiger partial charge is 0.349 e. The van der Waals surface area contributed by atoms with Gasteiger partial charge in [0, 0.05) is 36.1 Å². The molecule has 0 radical (unpaired) electrons. The number of likely N-dealkylation sites (tertiary alicyclic amines) is 1. The van der Waals surface area contributed by atoms with Crippen LogP contribution < -0.4 is 5.32 Å². The molecule has 1 N–H and O–H groups in total. The summed E-state index contributed by atoms with van der Waals surface area (Å²) in [5, 5.41) is 5.04. The van der Waals surface area contributed by atoms with E-state index < -0.39 is 11.7 Å². The van der Waals surface area contributed by atoms with Gasteiger partial charge in [-0.25, -0.2) is 0 Å². The summed E-state index contributed by atoms with van der Waals surface area (Å²) in [6.07, 6.45) is -2.76. The number of carbonyl (C=O) groups is 1. The maximum absolute atomic E-state index is 12.7. The number of nitrogens with one attached hydrogen (secondary N) is 1. The number of hydrogen-bond donors (Lipinski definition) is 1. The van der Waals surface area contributed by atoms with Crippen molar-refractivity contribution in [2.75, 3.05) is 13.1 Å². The zero-order valence-corrected chi connectivity index (χ0v) is 17.7. The first-order valence-electron chi connectivity index (χ1n) is 10.2. The highest BCUT2D eigenvalue weighted by Crippen LogP contribution is 2.29. The zero-order valence-electron chi connectivity index (χ0n) is 16.9. The first-order chi connectivity index (χ1) is 14.9. The average Bonchev–Trinajstić information content (AvgIpc) is 3.30. The molecule has 0 unspecified atom stereocenters. The molecular formula is C24H23F3N2OS. The fourth-order valence-electron chi connectivity index (χ4n) is 3.84. The number of piperidine rings is 1. The predicted octanol–water partition coefficient (Wildman–Crippen LogP) is 5.83. The Morgan fingerprint density at radius 2 is 1.77 bits per heavy atom. The van der Waals surface area contributed by atoms with Crippen LogP contribution in [0, 0.1) is 0 Å². The van der Waals surface area contributed by atoms with Gasteiger partial charge in [-0.3, -0.25) is 9.69 Å². The summed E-state index contributed by atoms with van der Waals surface area (Å²) in [4.78, 5) is 16.0. The van der Waals surface area contributed by atoms with Crippen LogP contribution in [-0.2, 0) is 12.7 Å². The van der Waals surface area contributed by atoms with Crippen molar-refractivity contribution in [2.24, 2.45) is 0 Å². The first-order valence-corrected chi connectivity index (χ1v) is 11.1. The van der Waals surface area contributed by atoms with Crippen molar-refractivity contribution < 1.29 is 18.0 Å². The molecule has 0 saturated carbocycles. The Bertz CT molecular complexity index is 1010. The van der Waals surface area contributed by atoms with Gasteiger partial charge in [-0.15, -0.1) is 11.3 Å². The third kappa shape index (κ3) is 5.54. The van der Waals surface area contributed by atoms with Crippen molar-refractivity contribution >= 4 is 17.2 Å². The standard InChI is InChI=1S/C24H23F3N2OS/c25-24(26,27)20-8-6-18(7-9-20)23(30)28-21-10-12-29(13-11-21)16-17-3-1-4-19(15-17)22-5-2-14-31-22/h1-9,14-15,21H,10-13,16H2,(H,28,30). The van der Waals surface area contributed by atoms with E-state index in [-0.39, 0.29) is 17.5 Å². The molecule has 1 aromatic heterocycles. The zero-order chi connectivity index (χ0) is 21.8. The maximum atomic E-state index is 12.7. The SMILES string of the molecule is O=C(NC1CCN(Cc2cccc(-c3cccs3)c2)CC1)c1ccc(C(F)(F)F)cc1. The third-order valence-electron chi connectivity index (χ3n) is 5.54. The Balaban J connectivity index is 1.28. The van der Waals surface area contributed by atoms with E-state index in [1.807, 2.05) is 0 Å². The average molecular weight is 445 g/mol. The van der Waals surface area contributed by atoms with Crippen molar-refractivity contribution in [1.29, 1.82) is 0 Å². The van der Waals surface area contributed by atoms with Crippen molar-refractivity contribution in [3.63, 3.8) is 0 Å². The molecule has 3 aromatic rings. The number of benzene rings is 2. The second kappa shape index (κ2) is 9.24. The first kappa shape index (κ1) is 21.6. The van der Waals surface area contributed by atoms with Gasteiger partial charge in [0.05, 0.1) is 5.56 Å². The van der Waals surface area contributed by atoms with E-state index in [0.29, 0.717) is 0 Å². The summed E-state index contributed by atoms with van der Waals surface area (Å²) >= 11 is 1.73. The number of halogens is 3. The molecule has 1 fully saturated rings. The van der Waals surface area contributed by atoms with Crippen LogP contribution in [0.4, 0.5) is 13.2 Å². The molecule has 0 spiro atoms. The number of nitrogens with zero attached hydrogens (tertiary/aromatic N) is 1. The Hall–Kier alpha value is -2.64. The maximum Gasteiger partial charge on any atom is 0.416 e. The summed E-state index contributed by atoms with van der Waals surface area (Å²) in [6.45, 7) is 2.58. The van der Waals surface area contributed by atoms with Crippen molar-refractivity contribution in [2.45, 2.75) is 31.6 Å². The lowest BCUT2D eigenvalue weighted by Crippen LogP contribution is -2.44. The fourth-order valence-corrected chi connectivity index (χ4v) is 4.56. The second-order valence-corrected chi connectivity index (χ2v) is 8.72. The summed E-state index contributed by atoms with van der Waals surface area (Å²) < 4.78 is 38.0. The van der Waals surface area contributed by atoms with Crippen LogP contribution in [0.5, 0.6) is 0 Å². The Labute approximate surface area is 183 Å². The number of thiophene rings is 1. The molecular weight excluding hydrogens is 421 g/mol. The van der Waals surface area contributed by atoms with Crippen LogP contribution in [-0.4, -0.2) is 29.9 Å². The van der Waals surface area contributed by atoms with E-state index in [2.05, 4.69) is 52.0 Å². The van der Waals surface area contributed by atoms with E-state index in [1.165, 1.54) is 28.1 Å². The van der Waals surface area contributed by atoms with Crippen molar-refractivity contribution in [3.8, 4) is 10.4 Å². The second-order valence-electron chi connectivity index (χ2n) is 7.78. The summed E-state index contributed by atoms with van der Waals surface area (Å²) in [5.41, 5.74) is 1.99. The largest absolute Gasteiger partial charge is 0.416 e. The van der Waals surface area contributed by atoms with Crippen LogP contribution in [0.2, 0.25) is 0 Å². The number of amides is 1. The van der Waals surface area contributed by atoms with Crippen LogP contribution in [0.1, 0.15) is 34.3 Å². The summed E-state index contributed by atoms with van der Waals surface area (Å²) in [5.74, 6) is -0.323. The lowest BCUT2D eigenvalue weighted by Gasteiger charge is -2.32. The Morgan fingerprint density at radius 1 is 1.03 bits per heavy atom. The number of carbonyl (C=O) groups excluding carboxylic acids is 1. The quantitative estimate of drug-likeness (QED) is 0.537. The Morgan fingerprint density at radius 3 is 2.42 bits per heavy atom. The molecule has 2 heterocycles. The topological polar surface area (TPSA) is 32.3 Å². The molecule has 1 aliphatic heterocycles. The number of hydrogen-bond acceptors (Lipinski definition) is 3. The summed E-state index contributed by atoms with van der Waals surface area (Å²) in [6, 6.07) is 17.1. The molecule has 31 heavy (non-hydrogen) atoms. The Kier molecular flexibility index (Phi) is 6.43. The van der Waals surface area contributed by atoms with Gasteiger partial charge in [-0.2, -0.15) is 13.2 Å². The van der Waals surface area contributed by atoms with E-state index in [0.717, 1.165) is 44.6 Å². The molecule has 1 saturated heterocycles. The van der Waals surface area contributed by atoms with Crippen molar-refractivity contribution in [1.82, 2.24) is 10.2 Å². The highest BCUT2D eigenvalue weighted by Gasteiger charge is 2.30. The molecule has 3 nitrogen and oxygen atoms in total. The predicted molar refractivity (Wildman–Crippen MR) is 117 cm³/mol. The van der Waals surface area contributed by atoms with E-state index in [1.54, 1.807) is 11.3 Å². The van der Waals surface area contributed by atoms with Crippen molar-refractivity contribution in [3.05, 3.63) is 82.7 Å². The molecule has 4 rings (SSSR count). The van der Waals surface area contributed by atoms with Crippen LogP contribution in [0.15, 0.2) is 66.0 Å². The monoisotopic (exact) mass is 444 g/mol. The normalized spacial score (nSPS) is 15.7. The summed E-state index contributed by atoms with van der Waals surface area (Å²) in [7, 11) is 0. The third-order valence-corrected chi connectivity index (χ3v) is 6.46. The van der Waals surface area contributed by atoms with Gasteiger partial charge in [0.25, 0.3) is 5.91 Å². The van der Waals surface area contributed by atoms with Gasteiger partial charge in [0.2, 0.25) is 0 Å². The van der Waals surface area contributed by atoms with E-state index in [9.17, 15) is 18.0 Å². The van der Waals surface area contributed by atoms with Gasteiger partial charge in [-0.1, -0.05) is 24.3 Å². The minimum absolute atomic E-state index is 0.0310. The molecule has 1 amide bonds. The molecule has 7 heteroatoms. The minimum Gasteiger partial charge on any atom is -0.349 e. The molecule has 162 valence electrons. The highest BCUT2D eigenvalue weighted by molar-refractivity contribution is 7.13. The van der Waals surface area contributed by atoms with Gasteiger partial charge in [0.15, 0.2) is 0 Å². The van der Waals surface area contributed by atoms with Crippen LogP contribution >= 0.6 is 11.3 Å². The van der Waals surface area contributed by atoms with Gasteiger partial charge >= 0.3 is 6.18 Å². The minimum atomic E-state index is -4.40. The van der Waals surface area contributed by atoms with Crippen LogP contribution in [0.3, 0.4) is 0 Å². The van der Waals surface area contributed by atoms with Gasteiger partial charge in [-0.05, 0) is 65.7 Å². The lowest BCUT2D eigenvalue weighted by atomic mass is 10.0. The van der Waals surface area contributed by atoms with E-state index in [4.69, 9.17) is 0 Å². The molecule has 2 aromatic carbocycles. The number of rotatable bonds is 5.